The van der Waals surface area contributed by atoms with Crippen LogP contribution in [-0.2, 0) is 18.5 Å². The number of carbonyl (C=O) groups excluding carboxylic acids is 1. The molecule has 0 saturated heterocycles. The number of amides is 1. The van der Waals surface area contributed by atoms with Gasteiger partial charge in [-0.15, -0.1) is 10.2 Å². The average Bonchev–Trinajstić information content (AvgIpc) is 3.43. The Labute approximate surface area is 204 Å². The maximum absolute atomic E-state index is 14.7. The van der Waals surface area contributed by atoms with E-state index in [1.54, 1.807) is 32.9 Å². The van der Waals surface area contributed by atoms with Crippen molar-refractivity contribution in [2.75, 3.05) is 7.05 Å². The van der Waals surface area contributed by atoms with Gasteiger partial charge in [0.05, 0.1) is 17.6 Å². The van der Waals surface area contributed by atoms with Crippen molar-refractivity contribution >= 4 is 5.91 Å². The summed E-state index contributed by atoms with van der Waals surface area (Å²) in [5.41, 5.74) is 5.93. The second-order valence-corrected chi connectivity index (χ2v) is 8.85. The van der Waals surface area contributed by atoms with Crippen molar-refractivity contribution in [1.29, 1.82) is 0 Å². The molecule has 0 radical (unpaired) electrons. The third-order valence-electron chi connectivity index (χ3n) is 5.64. The predicted molar refractivity (Wildman–Crippen MR) is 123 cm³/mol. The highest BCUT2D eigenvalue weighted by Gasteiger charge is 2.30. The molecule has 2 aromatic heterocycles. The largest absolute Gasteiger partial charge is 0.446 e. The van der Waals surface area contributed by atoms with E-state index in [2.05, 4.69) is 15.2 Å². The predicted octanol–water partition coefficient (Wildman–Crippen LogP) is 4.45. The highest BCUT2D eigenvalue weighted by Crippen LogP contribution is 2.29. The molecule has 0 aliphatic rings. The van der Waals surface area contributed by atoms with Crippen LogP contribution < -0.4 is 5.73 Å². The number of aromatic nitrogens is 3. The summed E-state index contributed by atoms with van der Waals surface area (Å²) in [6, 6.07) is 7.68. The van der Waals surface area contributed by atoms with Gasteiger partial charge < -0.3 is 19.5 Å². The second kappa shape index (κ2) is 9.57. The molecule has 188 valence electrons. The zero-order valence-electron chi connectivity index (χ0n) is 20.1. The topological polar surface area (TPSA) is 111 Å². The van der Waals surface area contributed by atoms with Crippen LogP contribution in [0.1, 0.15) is 46.1 Å². The van der Waals surface area contributed by atoms with Crippen LogP contribution >= 0.6 is 0 Å². The lowest BCUT2D eigenvalue weighted by Crippen LogP contribution is -2.35. The SMILES string of the molecule is Cc1nc(CN(C)C(=O)c2cc(F)c(F)c(-c3nnc([C@](C)(N)Cc4ccc(F)cc4)o3)c2)c(C)o1. The highest BCUT2D eigenvalue weighted by molar-refractivity contribution is 5.95. The minimum Gasteiger partial charge on any atom is -0.446 e. The van der Waals surface area contributed by atoms with Gasteiger partial charge in [0.2, 0.25) is 5.89 Å². The first kappa shape index (κ1) is 25.1. The van der Waals surface area contributed by atoms with E-state index in [1.807, 2.05) is 0 Å². The molecule has 1 atom stereocenters. The molecule has 2 N–H and O–H groups in total. The molecule has 8 nitrogen and oxygen atoms in total. The molecule has 0 spiro atoms. The molecule has 2 aromatic carbocycles. The first-order valence-corrected chi connectivity index (χ1v) is 11.0. The van der Waals surface area contributed by atoms with E-state index in [0.717, 1.165) is 12.1 Å². The zero-order chi connectivity index (χ0) is 26.2. The first-order chi connectivity index (χ1) is 16.9. The fourth-order valence-corrected chi connectivity index (χ4v) is 3.77. The molecule has 11 heteroatoms. The lowest BCUT2D eigenvalue weighted by molar-refractivity contribution is 0.0782. The van der Waals surface area contributed by atoms with Gasteiger partial charge in [0.1, 0.15) is 17.3 Å². The molecule has 4 aromatic rings. The molecular weight excluding hydrogens is 475 g/mol. The molecule has 0 fully saturated rings. The Kier molecular flexibility index (Phi) is 6.68. The van der Waals surface area contributed by atoms with Crippen molar-refractivity contribution < 1.29 is 26.8 Å². The number of aryl methyl sites for hydroxylation is 2. The van der Waals surface area contributed by atoms with E-state index >= 15 is 0 Å². The number of carbonyl (C=O) groups is 1. The summed E-state index contributed by atoms with van der Waals surface area (Å²) in [7, 11) is 1.51. The smallest absolute Gasteiger partial charge is 0.254 e. The number of hydrogen-bond donors (Lipinski definition) is 1. The van der Waals surface area contributed by atoms with Crippen LogP contribution in [0.15, 0.2) is 45.2 Å². The standard InChI is InChI=1S/C25H24F3N5O3/c1-13-20(30-14(2)35-13)12-33(4)23(34)16-9-18(21(28)19(27)10-16)22-31-32-24(36-22)25(3,29)11-15-5-7-17(26)8-6-15/h5-10H,11-12,29H2,1-4H3/t25-/m1/s1. The second-order valence-electron chi connectivity index (χ2n) is 8.85. The van der Waals surface area contributed by atoms with Gasteiger partial charge in [-0.3, -0.25) is 4.79 Å². The van der Waals surface area contributed by atoms with Crippen LogP contribution in [0.5, 0.6) is 0 Å². The third-order valence-corrected chi connectivity index (χ3v) is 5.64. The molecule has 0 aliphatic heterocycles. The van der Waals surface area contributed by atoms with E-state index in [1.165, 1.54) is 24.1 Å². The number of benzene rings is 2. The summed E-state index contributed by atoms with van der Waals surface area (Å²) >= 11 is 0. The maximum Gasteiger partial charge on any atom is 0.254 e. The molecule has 2 heterocycles. The van der Waals surface area contributed by atoms with Crippen LogP contribution in [-0.4, -0.2) is 33.0 Å². The number of rotatable bonds is 7. The van der Waals surface area contributed by atoms with Gasteiger partial charge in [-0.1, -0.05) is 12.1 Å². The van der Waals surface area contributed by atoms with Crippen LogP contribution in [0.25, 0.3) is 11.5 Å². The lowest BCUT2D eigenvalue weighted by atomic mass is 9.94. The van der Waals surface area contributed by atoms with Crippen molar-refractivity contribution in [2.45, 2.75) is 39.3 Å². The van der Waals surface area contributed by atoms with Crippen LogP contribution in [0.4, 0.5) is 13.2 Å². The Bertz CT molecular complexity index is 1410. The Morgan fingerprint density at radius 1 is 1.08 bits per heavy atom. The third kappa shape index (κ3) is 5.15. The Hall–Kier alpha value is -3.99. The molecule has 0 unspecified atom stereocenters. The number of oxazole rings is 1. The van der Waals surface area contributed by atoms with Gasteiger partial charge >= 0.3 is 0 Å². The summed E-state index contributed by atoms with van der Waals surface area (Å²) in [4.78, 5) is 18.5. The van der Waals surface area contributed by atoms with Crippen LogP contribution in [0.2, 0.25) is 0 Å². The number of halogens is 3. The van der Waals surface area contributed by atoms with Crippen molar-refractivity contribution in [3.05, 3.63) is 88.2 Å². The van der Waals surface area contributed by atoms with E-state index in [9.17, 15) is 18.0 Å². The zero-order valence-corrected chi connectivity index (χ0v) is 20.1. The first-order valence-electron chi connectivity index (χ1n) is 11.0. The maximum atomic E-state index is 14.7. The van der Waals surface area contributed by atoms with E-state index in [-0.39, 0.29) is 41.7 Å². The fraction of sp³-hybridized carbons (Fsp3) is 0.280. The summed E-state index contributed by atoms with van der Waals surface area (Å²) in [6.45, 7) is 5.13. The van der Waals surface area contributed by atoms with E-state index < -0.39 is 23.1 Å². The lowest BCUT2D eigenvalue weighted by Gasteiger charge is -2.20. The van der Waals surface area contributed by atoms with Gasteiger partial charge in [-0.05, 0) is 50.1 Å². The summed E-state index contributed by atoms with van der Waals surface area (Å²) in [5, 5.41) is 7.73. The minimum atomic E-state index is -1.25. The van der Waals surface area contributed by atoms with Gasteiger partial charge in [-0.25, -0.2) is 18.2 Å². The fourth-order valence-electron chi connectivity index (χ4n) is 3.77. The van der Waals surface area contributed by atoms with E-state index in [0.29, 0.717) is 22.9 Å². The molecule has 0 bridgehead atoms. The Morgan fingerprint density at radius 3 is 2.42 bits per heavy atom. The molecular formula is C25H24F3N5O3. The molecule has 0 saturated carbocycles. The van der Waals surface area contributed by atoms with E-state index in [4.69, 9.17) is 14.6 Å². The quantitative estimate of drug-likeness (QED) is 0.400. The summed E-state index contributed by atoms with van der Waals surface area (Å²) < 4.78 is 53.4. The molecule has 36 heavy (non-hydrogen) atoms. The molecule has 1 amide bonds. The number of nitrogens with two attached hydrogens (primary N) is 1. The Morgan fingerprint density at radius 2 is 1.78 bits per heavy atom. The highest BCUT2D eigenvalue weighted by atomic mass is 19.2. The number of nitrogens with zero attached hydrogens (tertiary/aromatic N) is 4. The molecule has 4 rings (SSSR count). The van der Waals surface area contributed by atoms with Crippen LogP contribution in [0.3, 0.4) is 0 Å². The van der Waals surface area contributed by atoms with Crippen molar-refractivity contribution in [3.63, 3.8) is 0 Å². The average molecular weight is 499 g/mol. The van der Waals surface area contributed by atoms with Gasteiger partial charge in [0.25, 0.3) is 11.8 Å². The Balaban J connectivity index is 1.60. The minimum absolute atomic E-state index is 0.0349. The normalized spacial score (nSPS) is 13.0. The monoisotopic (exact) mass is 499 g/mol. The van der Waals surface area contributed by atoms with Gasteiger partial charge in [0.15, 0.2) is 17.5 Å². The summed E-state index contributed by atoms with van der Waals surface area (Å²) in [5.74, 6) is -2.82. The van der Waals surface area contributed by atoms with Crippen molar-refractivity contribution in [1.82, 2.24) is 20.1 Å². The summed E-state index contributed by atoms with van der Waals surface area (Å²) in [6.07, 6.45) is 0.218. The van der Waals surface area contributed by atoms with Crippen LogP contribution in [0, 0.1) is 31.3 Å². The number of hydrogen-bond acceptors (Lipinski definition) is 7. The molecule has 0 aliphatic carbocycles. The van der Waals surface area contributed by atoms with Crippen molar-refractivity contribution in [2.24, 2.45) is 5.73 Å². The van der Waals surface area contributed by atoms with Crippen molar-refractivity contribution in [3.8, 4) is 11.5 Å². The van der Waals surface area contributed by atoms with Gasteiger partial charge in [-0.2, -0.15) is 0 Å². The van der Waals surface area contributed by atoms with Gasteiger partial charge in [0, 0.05) is 19.5 Å².